The van der Waals surface area contributed by atoms with Gasteiger partial charge in [-0.3, -0.25) is 4.79 Å². The van der Waals surface area contributed by atoms with Gasteiger partial charge in [0.1, 0.15) is 5.60 Å². The number of ketones is 1. The summed E-state index contributed by atoms with van der Waals surface area (Å²) in [6, 6.07) is 0. The summed E-state index contributed by atoms with van der Waals surface area (Å²) in [6.07, 6.45) is 10.5. The molecule has 1 unspecified atom stereocenters. The van der Waals surface area contributed by atoms with Crippen molar-refractivity contribution >= 4 is 5.78 Å². The Morgan fingerprint density at radius 3 is 2.28 bits per heavy atom. The second-order valence-electron chi connectivity index (χ2n) is 14.6. The van der Waals surface area contributed by atoms with E-state index in [-0.39, 0.29) is 44.9 Å². The number of carbonyl (C=O) groups excluding carboxylic acids is 1. The number of hydrogen-bond acceptors (Lipinski definition) is 3. The van der Waals surface area contributed by atoms with Gasteiger partial charge in [-0.1, -0.05) is 60.1 Å². The van der Waals surface area contributed by atoms with E-state index < -0.39 is 5.60 Å². The Labute approximate surface area is 195 Å². The minimum atomic E-state index is -1.15. The Bertz CT molecular complexity index is 870. The van der Waals surface area contributed by atoms with Gasteiger partial charge in [-0.25, -0.2) is 0 Å². The van der Waals surface area contributed by atoms with Crippen LogP contribution in [0.1, 0.15) is 106 Å². The highest BCUT2D eigenvalue weighted by molar-refractivity contribution is 5.91. The highest BCUT2D eigenvalue weighted by Crippen LogP contribution is 2.74. The second-order valence-corrected chi connectivity index (χ2v) is 14.6. The molecule has 0 aromatic rings. The van der Waals surface area contributed by atoms with Crippen LogP contribution in [-0.2, 0) is 4.79 Å². The minimum Gasteiger partial charge on any atom is -0.393 e. The number of carbonyl (C=O) groups is 1. The maximum atomic E-state index is 13.6. The molecule has 0 spiro atoms. The molecule has 5 rings (SSSR count). The highest BCUT2D eigenvalue weighted by atomic mass is 16.3. The first-order valence-corrected chi connectivity index (χ1v) is 13.3. The van der Waals surface area contributed by atoms with E-state index in [9.17, 15) is 15.0 Å². The van der Waals surface area contributed by atoms with Crippen LogP contribution in [0, 0.1) is 44.8 Å². The lowest BCUT2D eigenvalue weighted by Gasteiger charge is -2.70. The Kier molecular flexibility index (Phi) is 4.69. The molecule has 4 fully saturated rings. The van der Waals surface area contributed by atoms with Crippen molar-refractivity contribution < 1.29 is 15.0 Å². The van der Waals surface area contributed by atoms with Crippen molar-refractivity contribution in [2.24, 2.45) is 44.8 Å². The molecule has 0 bridgehead atoms. The molecule has 180 valence electrons. The summed E-state index contributed by atoms with van der Waals surface area (Å²) in [5.41, 5.74) is 0.426. The van der Waals surface area contributed by atoms with Gasteiger partial charge in [0.2, 0.25) is 0 Å². The van der Waals surface area contributed by atoms with Crippen molar-refractivity contribution in [2.75, 3.05) is 0 Å². The zero-order valence-electron chi connectivity index (χ0n) is 21.6. The predicted octanol–water partition coefficient (Wildman–Crippen LogP) is 6.07. The molecular formula is C29H46O3. The lowest BCUT2D eigenvalue weighted by atomic mass is 9.34. The molecule has 5 aliphatic carbocycles. The summed E-state index contributed by atoms with van der Waals surface area (Å²) in [6.45, 7) is 16.5. The molecule has 8 atom stereocenters. The summed E-state index contributed by atoms with van der Waals surface area (Å²) >= 11 is 0. The number of rotatable bonds is 0. The normalized spacial score (nSPS) is 53.9. The fraction of sp³-hybridized carbons (Fsp3) is 0.897. The van der Waals surface area contributed by atoms with Crippen molar-refractivity contribution in [3.8, 4) is 0 Å². The zero-order valence-corrected chi connectivity index (χ0v) is 21.6. The van der Waals surface area contributed by atoms with Crippen LogP contribution < -0.4 is 0 Å². The van der Waals surface area contributed by atoms with Gasteiger partial charge < -0.3 is 10.2 Å². The van der Waals surface area contributed by atoms with Gasteiger partial charge in [-0.2, -0.15) is 0 Å². The number of allylic oxidation sites excluding steroid dienone is 1. The first-order valence-electron chi connectivity index (χ1n) is 13.3. The first kappa shape index (κ1) is 23.1. The van der Waals surface area contributed by atoms with Crippen LogP contribution in [-0.4, -0.2) is 27.7 Å². The van der Waals surface area contributed by atoms with Gasteiger partial charge in [0.05, 0.1) is 6.10 Å². The average molecular weight is 443 g/mol. The molecule has 0 aromatic carbocycles. The number of fused-ring (bicyclic) bond motifs is 7. The molecule has 0 aromatic heterocycles. The van der Waals surface area contributed by atoms with E-state index in [1.54, 1.807) is 0 Å². The van der Waals surface area contributed by atoms with Gasteiger partial charge in [0.25, 0.3) is 0 Å². The second kappa shape index (κ2) is 6.51. The van der Waals surface area contributed by atoms with Crippen LogP contribution in [0.5, 0.6) is 0 Å². The first-order chi connectivity index (χ1) is 14.6. The smallest absolute Gasteiger partial charge is 0.165 e. The van der Waals surface area contributed by atoms with Crippen LogP contribution in [0.3, 0.4) is 0 Å². The van der Waals surface area contributed by atoms with Crippen molar-refractivity contribution in [1.29, 1.82) is 0 Å². The van der Waals surface area contributed by atoms with E-state index in [1.807, 2.05) is 0 Å². The van der Waals surface area contributed by atoms with Gasteiger partial charge in [0.15, 0.2) is 5.78 Å². The summed E-state index contributed by atoms with van der Waals surface area (Å²) in [7, 11) is 0. The Balaban J connectivity index is 1.61. The summed E-state index contributed by atoms with van der Waals surface area (Å²) < 4.78 is 0. The van der Waals surface area contributed by atoms with Gasteiger partial charge >= 0.3 is 0 Å². The van der Waals surface area contributed by atoms with E-state index in [2.05, 4.69) is 54.5 Å². The molecule has 0 radical (unpaired) electrons. The lowest BCUT2D eigenvalue weighted by Crippen LogP contribution is -2.67. The van der Waals surface area contributed by atoms with Gasteiger partial charge in [-0.05, 0) is 84.9 Å². The number of aliphatic hydroxyl groups excluding tert-OH is 1. The van der Waals surface area contributed by atoms with Crippen molar-refractivity contribution in [2.45, 2.75) is 118 Å². The average Bonchev–Trinajstić information content (AvgIpc) is 2.68. The van der Waals surface area contributed by atoms with E-state index in [0.29, 0.717) is 24.7 Å². The van der Waals surface area contributed by atoms with Crippen LogP contribution in [0.2, 0.25) is 0 Å². The molecule has 0 amide bonds. The molecule has 0 aliphatic heterocycles. The topological polar surface area (TPSA) is 57.5 Å². The van der Waals surface area contributed by atoms with Crippen LogP contribution >= 0.6 is 0 Å². The molecule has 5 aliphatic rings. The van der Waals surface area contributed by atoms with E-state index in [0.717, 1.165) is 44.9 Å². The predicted molar refractivity (Wildman–Crippen MR) is 128 cm³/mol. The van der Waals surface area contributed by atoms with Crippen molar-refractivity contribution in [3.63, 3.8) is 0 Å². The summed E-state index contributed by atoms with van der Waals surface area (Å²) in [5, 5.41) is 22.5. The number of hydrogen-bond donors (Lipinski definition) is 2. The largest absolute Gasteiger partial charge is 0.393 e. The zero-order chi connectivity index (χ0) is 23.5. The molecule has 3 nitrogen and oxygen atoms in total. The van der Waals surface area contributed by atoms with Crippen molar-refractivity contribution in [3.05, 3.63) is 11.6 Å². The van der Waals surface area contributed by atoms with Gasteiger partial charge in [0, 0.05) is 17.8 Å². The quantitative estimate of drug-likeness (QED) is 0.447. The molecule has 0 heterocycles. The Morgan fingerprint density at radius 2 is 1.59 bits per heavy atom. The maximum Gasteiger partial charge on any atom is 0.165 e. The molecule has 4 saturated carbocycles. The van der Waals surface area contributed by atoms with Crippen LogP contribution in [0.25, 0.3) is 0 Å². The fourth-order valence-electron chi connectivity index (χ4n) is 10.1. The van der Waals surface area contributed by atoms with Gasteiger partial charge in [-0.15, -0.1) is 0 Å². The SMILES string of the molecule is CC1(C)CC[C@]2(O)C(=O)C[C@]3(C)C(=CC[C@@H]4[C@@]5(C)CC[C@H](O)C(C)(C)C5CC[C@]43C)[C@H]2C1. The summed E-state index contributed by atoms with van der Waals surface area (Å²) in [5.74, 6) is 1.11. The van der Waals surface area contributed by atoms with E-state index in [4.69, 9.17) is 0 Å². The molecule has 32 heavy (non-hydrogen) atoms. The Morgan fingerprint density at radius 1 is 0.906 bits per heavy atom. The third-order valence-electron chi connectivity index (χ3n) is 12.4. The maximum absolute atomic E-state index is 13.6. The lowest BCUT2D eigenvalue weighted by molar-refractivity contribution is -0.207. The third-order valence-corrected chi connectivity index (χ3v) is 12.4. The number of aliphatic hydroxyl groups is 2. The highest BCUT2D eigenvalue weighted by Gasteiger charge is 2.69. The molecule has 0 saturated heterocycles. The molecule has 2 N–H and O–H groups in total. The van der Waals surface area contributed by atoms with Crippen molar-refractivity contribution in [1.82, 2.24) is 0 Å². The van der Waals surface area contributed by atoms with E-state index in [1.165, 1.54) is 5.57 Å². The number of Topliss-reactive ketones (excluding diaryl/α,β-unsaturated/α-hetero) is 1. The molecular weight excluding hydrogens is 396 g/mol. The standard InChI is InChI=1S/C29H46O3/c1-24(2)14-15-29(32)19(16-24)18-8-9-21-26(5)12-11-22(30)25(3,4)20(26)10-13-27(21,6)28(18,7)17-23(29)31/h8,19-22,30,32H,9-17H2,1-7H3/t19-,20?,21-,22+,26+,27-,28-,29-/m1/s1. The third kappa shape index (κ3) is 2.65. The van der Waals surface area contributed by atoms with E-state index >= 15 is 0 Å². The minimum absolute atomic E-state index is 0.0228. The van der Waals surface area contributed by atoms with Crippen LogP contribution in [0.15, 0.2) is 11.6 Å². The fourth-order valence-corrected chi connectivity index (χ4v) is 10.1. The summed E-state index contributed by atoms with van der Waals surface area (Å²) in [4.78, 5) is 13.6. The Hall–Kier alpha value is -0.670. The molecule has 3 heteroatoms. The van der Waals surface area contributed by atoms with Crippen LogP contribution in [0.4, 0.5) is 0 Å². The monoisotopic (exact) mass is 442 g/mol.